The van der Waals surface area contributed by atoms with Crippen LogP contribution in [0.5, 0.6) is 0 Å². The topological polar surface area (TPSA) is 124 Å². The van der Waals surface area contributed by atoms with Crippen LogP contribution in [0.4, 0.5) is 5.69 Å². The van der Waals surface area contributed by atoms with Gasteiger partial charge in [-0.1, -0.05) is 11.2 Å². The number of nitro benzene ring substituents is 1. The summed E-state index contributed by atoms with van der Waals surface area (Å²) in [6.07, 6.45) is 1.05. The van der Waals surface area contributed by atoms with E-state index >= 15 is 0 Å². The van der Waals surface area contributed by atoms with E-state index in [4.69, 9.17) is 4.42 Å². The lowest BCUT2D eigenvalue weighted by molar-refractivity contribution is -0.384. The van der Waals surface area contributed by atoms with Crippen LogP contribution >= 0.6 is 0 Å². The first kappa shape index (κ1) is 18.0. The van der Waals surface area contributed by atoms with Gasteiger partial charge in [-0.25, -0.2) is 0 Å². The molecule has 0 unspecified atom stereocenters. The maximum Gasteiger partial charge on any atom is 0.270 e. The van der Waals surface area contributed by atoms with Gasteiger partial charge in [0, 0.05) is 23.7 Å². The van der Waals surface area contributed by atoms with E-state index in [9.17, 15) is 14.9 Å². The molecule has 0 saturated heterocycles. The van der Waals surface area contributed by atoms with Gasteiger partial charge in [0.05, 0.1) is 11.5 Å². The third-order valence-corrected chi connectivity index (χ3v) is 3.25. The largest absolute Gasteiger partial charge is 0.419 e. The summed E-state index contributed by atoms with van der Waals surface area (Å²) in [5.41, 5.74) is 0.350. The Morgan fingerprint density at radius 1 is 1.48 bits per heavy atom. The fraction of sp³-hybridized carbons (Fsp3) is 0.333. The van der Waals surface area contributed by atoms with Gasteiger partial charge in [0.15, 0.2) is 0 Å². The molecule has 0 atom stereocenters. The molecule has 2 aromatic rings. The molecular weight excluding hydrogens is 330 g/mol. The molecule has 1 heterocycles. The van der Waals surface area contributed by atoms with Gasteiger partial charge >= 0.3 is 0 Å². The highest BCUT2D eigenvalue weighted by Gasteiger charge is 2.20. The summed E-state index contributed by atoms with van der Waals surface area (Å²) in [7, 11) is 1.34. The van der Waals surface area contributed by atoms with E-state index in [1.165, 1.54) is 30.2 Å². The molecule has 0 aliphatic carbocycles. The van der Waals surface area contributed by atoms with Crippen molar-refractivity contribution in [2.75, 3.05) is 7.11 Å². The molecule has 1 aromatic carbocycles. The van der Waals surface area contributed by atoms with Crippen molar-refractivity contribution in [1.29, 1.82) is 0 Å². The molecule has 132 valence electrons. The summed E-state index contributed by atoms with van der Waals surface area (Å²) in [5.74, 6) is -0.0262. The Bertz CT molecular complexity index is 786. The first-order valence-electron chi connectivity index (χ1n) is 7.36. The van der Waals surface area contributed by atoms with Crippen molar-refractivity contribution < 1.29 is 19.0 Å². The number of nitro groups is 1. The average Bonchev–Trinajstić information content (AvgIpc) is 3.06. The van der Waals surface area contributed by atoms with Crippen molar-refractivity contribution in [3.63, 3.8) is 0 Å². The van der Waals surface area contributed by atoms with Crippen molar-refractivity contribution in [3.8, 4) is 11.5 Å². The van der Waals surface area contributed by atoms with E-state index in [0.717, 1.165) is 6.21 Å². The summed E-state index contributed by atoms with van der Waals surface area (Å²) in [6, 6.07) is 5.73. The number of amides is 1. The van der Waals surface area contributed by atoms with Gasteiger partial charge in [0.25, 0.3) is 11.6 Å². The number of aromatic nitrogens is 2. The van der Waals surface area contributed by atoms with Crippen LogP contribution in [-0.4, -0.2) is 45.3 Å². The zero-order valence-electron chi connectivity index (χ0n) is 13.9. The monoisotopic (exact) mass is 347 g/mol. The van der Waals surface area contributed by atoms with E-state index in [-0.39, 0.29) is 36.0 Å². The van der Waals surface area contributed by atoms with Crippen LogP contribution in [0.15, 0.2) is 33.8 Å². The smallest absolute Gasteiger partial charge is 0.270 e. The van der Waals surface area contributed by atoms with Gasteiger partial charge in [-0.05, 0) is 19.9 Å². The second kappa shape index (κ2) is 7.99. The van der Waals surface area contributed by atoms with Crippen LogP contribution in [0, 0.1) is 10.1 Å². The summed E-state index contributed by atoms with van der Waals surface area (Å²) >= 11 is 0. The molecule has 0 fully saturated rings. The minimum absolute atomic E-state index is 0.0768. The van der Waals surface area contributed by atoms with E-state index in [0.29, 0.717) is 5.56 Å². The Kier molecular flexibility index (Phi) is 5.77. The van der Waals surface area contributed by atoms with Crippen molar-refractivity contribution >= 4 is 17.8 Å². The van der Waals surface area contributed by atoms with Crippen molar-refractivity contribution in [2.45, 2.75) is 26.4 Å². The predicted octanol–water partition coefficient (Wildman–Crippen LogP) is 2.01. The van der Waals surface area contributed by atoms with Crippen LogP contribution in [0.25, 0.3) is 11.5 Å². The maximum atomic E-state index is 12.1. The number of rotatable bonds is 7. The Morgan fingerprint density at radius 3 is 2.88 bits per heavy atom. The quantitative estimate of drug-likeness (QED) is 0.426. The molecule has 0 spiro atoms. The van der Waals surface area contributed by atoms with E-state index in [1.54, 1.807) is 6.07 Å². The minimum Gasteiger partial charge on any atom is -0.419 e. The Morgan fingerprint density at radius 2 is 2.24 bits per heavy atom. The van der Waals surface area contributed by atoms with Gasteiger partial charge in [-0.15, -0.1) is 10.2 Å². The SMILES string of the molecule is CO/N=C/C(=O)N(Cc1nnc(-c2cccc([N+](=O)[O-])c2)o1)C(C)C. The number of nitrogens with zero attached hydrogens (tertiary/aromatic N) is 5. The van der Waals surface area contributed by atoms with Crippen LogP contribution in [0.3, 0.4) is 0 Å². The summed E-state index contributed by atoms with van der Waals surface area (Å²) in [5, 5.41) is 22.1. The molecule has 10 heteroatoms. The fourth-order valence-electron chi connectivity index (χ4n) is 2.02. The van der Waals surface area contributed by atoms with Gasteiger partial charge in [0.1, 0.15) is 13.3 Å². The second-order valence-corrected chi connectivity index (χ2v) is 5.29. The molecule has 2 rings (SSSR count). The fourth-order valence-corrected chi connectivity index (χ4v) is 2.02. The number of carbonyl (C=O) groups is 1. The number of hydrogen-bond acceptors (Lipinski definition) is 8. The molecular formula is C15H17N5O5. The number of oxime groups is 1. The summed E-state index contributed by atoms with van der Waals surface area (Å²) < 4.78 is 5.53. The molecule has 0 N–H and O–H groups in total. The zero-order chi connectivity index (χ0) is 18.4. The molecule has 0 bridgehead atoms. The third-order valence-electron chi connectivity index (χ3n) is 3.25. The number of hydrogen-bond donors (Lipinski definition) is 0. The highest BCUT2D eigenvalue weighted by molar-refractivity contribution is 6.26. The lowest BCUT2D eigenvalue weighted by Gasteiger charge is -2.23. The molecule has 1 aromatic heterocycles. The number of carbonyl (C=O) groups excluding carboxylic acids is 1. The van der Waals surface area contributed by atoms with Crippen LogP contribution in [0.1, 0.15) is 19.7 Å². The number of benzene rings is 1. The van der Waals surface area contributed by atoms with Crippen molar-refractivity contribution in [3.05, 3.63) is 40.3 Å². The molecule has 0 aliphatic heterocycles. The molecule has 0 radical (unpaired) electrons. The maximum absolute atomic E-state index is 12.1. The summed E-state index contributed by atoms with van der Waals surface area (Å²) in [4.78, 5) is 28.4. The summed E-state index contributed by atoms with van der Waals surface area (Å²) in [6.45, 7) is 3.74. The second-order valence-electron chi connectivity index (χ2n) is 5.29. The van der Waals surface area contributed by atoms with Crippen LogP contribution in [0.2, 0.25) is 0 Å². The Hall–Kier alpha value is -3.30. The van der Waals surface area contributed by atoms with E-state index in [2.05, 4.69) is 20.2 Å². The first-order chi connectivity index (χ1) is 11.9. The number of non-ortho nitro benzene ring substituents is 1. The zero-order valence-corrected chi connectivity index (χ0v) is 13.9. The third kappa shape index (κ3) is 4.59. The van der Waals surface area contributed by atoms with Gasteiger partial charge < -0.3 is 14.2 Å². The van der Waals surface area contributed by atoms with E-state index in [1.807, 2.05) is 13.8 Å². The lowest BCUT2D eigenvalue weighted by Crippen LogP contribution is -2.37. The van der Waals surface area contributed by atoms with Gasteiger partial charge in [-0.2, -0.15) is 0 Å². The van der Waals surface area contributed by atoms with E-state index < -0.39 is 4.92 Å². The highest BCUT2D eigenvalue weighted by atomic mass is 16.6. The van der Waals surface area contributed by atoms with Gasteiger partial charge in [0.2, 0.25) is 11.8 Å². The standard InChI is InChI=1S/C15H17N5O5/c1-10(2)19(14(21)8-16-24-3)9-13-17-18-15(25-13)11-5-4-6-12(7-11)20(22)23/h4-8,10H,9H2,1-3H3/b16-8+. The van der Waals surface area contributed by atoms with Crippen LogP contribution < -0.4 is 0 Å². The highest BCUT2D eigenvalue weighted by Crippen LogP contribution is 2.23. The minimum atomic E-state index is -0.505. The lowest BCUT2D eigenvalue weighted by atomic mass is 10.2. The predicted molar refractivity (Wildman–Crippen MR) is 87.6 cm³/mol. The van der Waals surface area contributed by atoms with Crippen LogP contribution in [-0.2, 0) is 16.2 Å². The van der Waals surface area contributed by atoms with Crippen molar-refractivity contribution in [1.82, 2.24) is 15.1 Å². The normalized spacial score (nSPS) is 11.0. The molecule has 1 amide bonds. The molecule has 25 heavy (non-hydrogen) atoms. The molecule has 0 saturated carbocycles. The molecule has 0 aliphatic rings. The first-order valence-corrected chi connectivity index (χ1v) is 7.36. The van der Waals surface area contributed by atoms with Gasteiger partial charge in [-0.3, -0.25) is 14.9 Å². The molecule has 10 nitrogen and oxygen atoms in total. The Balaban J connectivity index is 2.19. The Labute approximate surface area is 143 Å². The average molecular weight is 347 g/mol. The van der Waals surface area contributed by atoms with Crippen molar-refractivity contribution in [2.24, 2.45) is 5.16 Å².